The van der Waals surface area contributed by atoms with Crippen molar-refractivity contribution in [1.82, 2.24) is 25.1 Å². The number of fused-ring (bicyclic) bond motifs is 3. The van der Waals surface area contributed by atoms with Crippen molar-refractivity contribution in [1.29, 1.82) is 0 Å². The Balaban J connectivity index is 1.48. The van der Waals surface area contributed by atoms with Gasteiger partial charge in [0.15, 0.2) is 5.82 Å². The predicted octanol–water partition coefficient (Wildman–Crippen LogP) is 5.36. The van der Waals surface area contributed by atoms with Gasteiger partial charge in [-0.1, -0.05) is 0 Å². The van der Waals surface area contributed by atoms with E-state index < -0.39 is 52.3 Å². The third kappa shape index (κ3) is 3.68. The number of halogens is 5. The van der Waals surface area contributed by atoms with Crippen molar-refractivity contribution in [2.75, 3.05) is 19.7 Å². The first-order chi connectivity index (χ1) is 17.7. The summed E-state index contributed by atoms with van der Waals surface area (Å²) >= 11 is 0. The second kappa shape index (κ2) is 8.51. The quantitative estimate of drug-likeness (QED) is 0.346. The van der Waals surface area contributed by atoms with Gasteiger partial charge < -0.3 is 9.84 Å². The molecule has 0 spiro atoms. The van der Waals surface area contributed by atoms with Gasteiger partial charge in [-0.25, -0.2) is 22.0 Å². The Morgan fingerprint density at radius 3 is 2.81 bits per heavy atom. The smallest absolute Gasteiger partial charge is 0.320 e. The van der Waals surface area contributed by atoms with E-state index in [0.29, 0.717) is 18.5 Å². The molecule has 2 atom stereocenters. The molecule has 2 aromatic heterocycles. The van der Waals surface area contributed by atoms with Gasteiger partial charge in [0.05, 0.1) is 28.2 Å². The molecule has 0 aliphatic carbocycles. The Hall–Kier alpha value is -3.54. The molecule has 4 aromatic rings. The number of H-pyrrole nitrogens is 1. The molecule has 6 rings (SSSR count). The average Bonchev–Trinajstić information content (AvgIpc) is 3.52. The number of rotatable bonds is 5. The minimum atomic E-state index is -3.03. The number of aromatic nitrogens is 4. The van der Waals surface area contributed by atoms with Crippen LogP contribution in [0.15, 0.2) is 18.3 Å². The van der Waals surface area contributed by atoms with E-state index in [0.717, 1.165) is 19.0 Å². The van der Waals surface area contributed by atoms with Gasteiger partial charge in [-0.15, -0.1) is 0 Å². The number of hydrogen-bond donors (Lipinski definition) is 2. The van der Waals surface area contributed by atoms with Crippen LogP contribution in [0, 0.1) is 18.6 Å². The fraction of sp³-hybridized carbons (Fsp3) is 0.400. The summed E-state index contributed by atoms with van der Waals surface area (Å²) in [6.07, 6.45) is -0.932. The lowest BCUT2D eigenvalue weighted by molar-refractivity contribution is 0.107. The van der Waals surface area contributed by atoms with Crippen LogP contribution in [0.2, 0.25) is 0 Å². The predicted molar refractivity (Wildman–Crippen MR) is 124 cm³/mol. The van der Waals surface area contributed by atoms with Crippen LogP contribution in [0.25, 0.3) is 32.9 Å². The molecule has 37 heavy (non-hydrogen) atoms. The van der Waals surface area contributed by atoms with Crippen molar-refractivity contribution in [3.05, 3.63) is 41.1 Å². The molecule has 2 aliphatic heterocycles. The fourth-order valence-electron chi connectivity index (χ4n) is 5.89. The van der Waals surface area contributed by atoms with Gasteiger partial charge in [-0.05, 0) is 44.0 Å². The van der Waals surface area contributed by atoms with E-state index in [4.69, 9.17) is 4.74 Å². The van der Waals surface area contributed by atoms with Crippen LogP contribution in [0.4, 0.5) is 22.0 Å². The number of aromatic hydroxyl groups is 1. The van der Waals surface area contributed by atoms with E-state index >= 15 is 8.78 Å². The lowest BCUT2D eigenvalue weighted by atomic mass is 9.91. The Labute approximate surface area is 207 Å². The van der Waals surface area contributed by atoms with Crippen molar-refractivity contribution >= 4 is 21.8 Å². The summed E-state index contributed by atoms with van der Waals surface area (Å²) in [4.78, 5) is 9.89. The number of nitrogens with one attached hydrogen (secondary N) is 1. The molecular weight excluding hydrogens is 497 g/mol. The molecule has 0 unspecified atom stereocenters. The van der Waals surface area contributed by atoms with E-state index in [1.54, 1.807) is 0 Å². The lowest BCUT2D eigenvalue weighted by Gasteiger charge is -2.30. The molecule has 7 nitrogen and oxygen atoms in total. The molecule has 0 radical (unpaired) electrons. The summed E-state index contributed by atoms with van der Waals surface area (Å²) in [5.41, 5.74) is -2.20. The Kier molecular flexibility index (Phi) is 5.48. The van der Waals surface area contributed by atoms with Crippen LogP contribution in [0.1, 0.15) is 36.8 Å². The molecule has 4 heterocycles. The first-order valence-corrected chi connectivity index (χ1v) is 11.8. The number of nitrogens with zero attached hydrogens (tertiary/aromatic N) is 4. The lowest BCUT2D eigenvalue weighted by Crippen LogP contribution is -2.43. The highest BCUT2D eigenvalue weighted by molar-refractivity contribution is 6.00. The molecule has 0 bridgehead atoms. The van der Waals surface area contributed by atoms with Gasteiger partial charge in [0, 0.05) is 29.5 Å². The van der Waals surface area contributed by atoms with Crippen molar-refractivity contribution in [2.45, 2.75) is 44.3 Å². The number of hydrogen-bond acceptors (Lipinski definition) is 6. The fourth-order valence-corrected chi connectivity index (χ4v) is 5.89. The monoisotopic (exact) mass is 519 g/mol. The third-order valence-corrected chi connectivity index (χ3v) is 7.53. The second-order valence-corrected chi connectivity index (χ2v) is 9.75. The summed E-state index contributed by atoms with van der Waals surface area (Å²) < 4.78 is 79.3. The molecule has 12 heteroatoms. The van der Waals surface area contributed by atoms with Crippen LogP contribution in [0.5, 0.6) is 11.9 Å². The van der Waals surface area contributed by atoms with Gasteiger partial charge in [0.2, 0.25) is 5.88 Å². The zero-order valence-corrected chi connectivity index (χ0v) is 19.7. The van der Waals surface area contributed by atoms with Gasteiger partial charge in [-0.2, -0.15) is 15.1 Å². The van der Waals surface area contributed by atoms with E-state index in [1.165, 1.54) is 19.2 Å². The molecule has 2 aliphatic rings. The maximum atomic E-state index is 16.0. The first-order valence-electron chi connectivity index (χ1n) is 11.8. The molecule has 2 N–H and O–H groups in total. The molecule has 2 fully saturated rings. The number of benzene rings is 2. The maximum Gasteiger partial charge on any atom is 0.320 e. The Bertz CT molecular complexity index is 1540. The summed E-state index contributed by atoms with van der Waals surface area (Å²) in [5, 5.41) is 16.7. The van der Waals surface area contributed by atoms with Gasteiger partial charge >= 0.3 is 6.01 Å². The minimum Gasteiger partial charge on any atom is -0.493 e. The van der Waals surface area contributed by atoms with Crippen molar-refractivity contribution in [3.8, 4) is 23.0 Å². The zero-order valence-electron chi connectivity index (χ0n) is 19.7. The van der Waals surface area contributed by atoms with Gasteiger partial charge in [0.25, 0.3) is 6.43 Å². The van der Waals surface area contributed by atoms with E-state index in [9.17, 15) is 18.3 Å². The summed E-state index contributed by atoms with van der Waals surface area (Å²) in [6.45, 7) is 2.47. The molecule has 2 saturated heterocycles. The second-order valence-electron chi connectivity index (χ2n) is 9.75. The van der Waals surface area contributed by atoms with Crippen LogP contribution in [-0.4, -0.2) is 61.6 Å². The standard InChI is InChI=1S/C25H22F5N5O2/c1-11-5-16-14(8-31-34-16)18(17(11)22(29)30)19-15(27)6-13-21(20(19)28)32-24(33-23(13)36)37-10-25-3-2-4-35(25)9-12(26)7-25/h5-6,8,12,22H,2-4,7,9-10H2,1H3,(H,31,34)(H,32,33,36)/t12-,25+/m1/s1. The first kappa shape index (κ1) is 23.8. The highest BCUT2D eigenvalue weighted by Gasteiger charge is 2.49. The highest BCUT2D eigenvalue weighted by Crippen LogP contribution is 2.44. The maximum absolute atomic E-state index is 16.0. The van der Waals surface area contributed by atoms with E-state index in [-0.39, 0.29) is 40.9 Å². The zero-order chi connectivity index (χ0) is 26.1. The minimum absolute atomic E-state index is 0.0249. The van der Waals surface area contributed by atoms with E-state index in [2.05, 4.69) is 20.2 Å². The van der Waals surface area contributed by atoms with Gasteiger partial charge in [-0.3, -0.25) is 10.00 Å². The van der Waals surface area contributed by atoms with Crippen molar-refractivity contribution in [3.63, 3.8) is 0 Å². The van der Waals surface area contributed by atoms with Crippen LogP contribution < -0.4 is 4.74 Å². The van der Waals surface area contributed by atoms with Crippen LogP contribution >= 0.6 is 0 Å². The Morgan fingerprint density at radius 1 is 1.22 bits per heavy atom. The molecule has 0 amide bonds. The molecular formula is C25H22F5N5O2. The van der Waals surface area contributed by atoms with Gasteiger partial charge in [0.1, 0.15) is 24.1 Å². The van der Waals surface area contributed by atoms with Crippen LogP contribution in [0.3, 0.4) is 0 Å². The number of ether oxygens (including phenoxy) is 1. The highest BCUT2D eigenvalue weighted by atomic mass is 19.3. The van der Waals surface area contributed by atoms with Crippen molar-refractivity contribution < 1.29 is 31.8 Å². The number of alkyl halides is 3. The number of aromatic amines is 1. The number of aryl methyl sites for hydroxylation is 1. The third-order valence-electron chi connectivity index (χ3n) is 7.53. The largest absolute Gasteiger partial charge is 0.493 e. The summed E-state index contributed by atoms with van der Waals surface area (Å²) in [6, 6.07) is 1.86. The molecule has 194 valence electrons. The summed E-state index contributed by atoms with van der Waals surface area (Å²) in [7, 11) is 0. The summed E-state index contributed by atoms with van der Waals surface area (Å²) in [5.74, 6) is -3.16. The SMILES string of the molecule is Cc1cc2[nH]ncc2c(-c2c(F)cc3c(O)nc(OC[C@@]45CCCN4C[C@H](F)C5)nc3c2F)c1C(F)F. The topological polar surface area (TPSA) is 87.2 Å². The Morgan fingerprint density at radius 2 is 2.03 bits per heavy atom. The molecule has 2 aromatic carbocycles. The van der Waals surface area contributed by atoms with Crippen molar-refractivity contribution in [2.24, 2.45) is 0 Å². The van der Waals surface area contributed by atoms with E-state index in [1.807, 2.05) is 4.90 Å². The normalized spacial score (nSPS) is 22.0. The average molecular weight is 519 g/mol. The van der Waals surface area contributed by atoms with Crippen LogP contribution in [-0.2, 0) is 0 Å². The molecule has 0 saturated carbocycles.